The fourth-order valence-corrected chi connectivity index (χ4v) is 5.28. The van der Waals surface area contributed by atoms with Crippen molar-refractivity contribution in [3.8, 4) is 23.0 Å². The van der Waals surface area contributed by atoms with Crippen LogP contribution in [0.3, 0.4) is 0 Å². The average molecular weight is 573 g/mol. The molecule has 1 fully saturated rings. The van der Waals surface area contributed by atoms with Crippen molar-refractivity contribution in [1.29, 1.82) is 0 Å². The van der Waals surface area contributed by atoms with Crippen molar-refractivity contribution in [2.45, 2.75) is 38.3 Å². The standard InChI is InChI=1S/C32H36N4O6/c1-19(2)10-21-16-33-25-14-29(27(39-5)12-23(25)31(37)35(21)4)41-8-7-9-42-30-15-26-24(13-28(30)40-6)32(38)36-18-20(3)11-22(36)17-34-26/h12-17,21-22H,1,3,7-11,18H2,2,4-6H3/t21-,22-/m0/s1. The van der Waals surface area contributed by atoms with Crippen LogP contribution in [-0.2, 0) is 0 Å². The predicted octanol–water partition coefficient (Wildman–Crippen LogP) is 5.16. The van der Waals surface area contributed by atoms with Gasteiger partial charge in [-0.05, 0) is 31.9 Å². The molecule has 0 saturated carbocycles. The quantitative estimate of drug-likeness (QED) is 0.288. The Hall–Kier alpha value is -4.60. The second kappa shape index (κ2) is 12.1. The molecule has 0 aliphatic carbocycles. The molecule has 0 unspecified atom stereocenters. The molecule has 2 atom stereocenters. The van der Waals surface area contributed by atoms with Gasteiger partial charge in [-0.15, -0.1) is 6.58 Å². The predicted molar refractivity (Wildman–Crippen MR) is 162 cm³/mol. The highest BCUT2D eigenvalue weighted by Crippen LogP contribution is 2.39. The van der Waals surface area contributed by atoms with Gasteiger partial charge < -0.3 is 28.7 Å². The van der Waals surface area contributed by atoms with Crippen molar-refractivity contribution < 1.29 is 28.5 Å². The number of nitrogens with zero attached hydrogens (tertiary/aromatic N) is 4. The monoisotopic (exact) mass is 572 g/mol. The van der Waals surface area contributed by atoms with E-state index in [4.69, 9.17) is 18.9 Å². The lowest BCUT2D eigenvalue weighted by Crippen LogP contribution is -2.37. The van der Waals surface area contributed by atoms with E-state index in [-0.39, 0.29) is 23.9 Å². The minimum Gasteiger partial charge on any atom is -0.493 e. The number of ether oxygens (including phenoxy) is 4. The number of rotatable bonds is 10. The van der Waals surface area contributed by atoms with Gasteiger partial charge in [0.1, 0.15) is 0 Å². The Morgan fingerprint density at radius 1 is 0.905 bits per heavy atom. The molecule has 0 bridgehead atoms. The van der Waals surface area contributed by atoms with Gasteiger partial charge in [0.15, 0.2) is 23.0 Å². The van der Waals surface area contributed by atoms with Crippen LogP contribution >= 0.6 is 0 Å². The van der Waals surface area contributed by atoms with E-state index in [0.717, 1.165) is 11.1 Å². The summed E-state index contributed by atoms with van der Waals surface area (Å²) in [5.41, 5.74) is 3.99. The smallest absolute Gasteiger partial charge is 0.257 e. The van der Waals surface area contributed by atoms with Crippen LogP contribution in [0.15, 0.2) is 58.6 Å². The van der Waals surface area contributed by atoms with Gasteiger partial charge in [0.2, 0.25) is 0 Å². The average Bonchev–Trinajstić information content (AvgIpc) is 3.25. The summed E-state index contributed by atoms with van der Waals surface area (Å²) in [6, 6.07) is 6.56. The van der Waals surface area contributed by atoms with Gasteiger partial charge in [-0.2, -0.15) is 0 Å². The van der Waals surface area contributed by atoms with Crippen molar-refractivity contribution in [2.24, 2.45) is 9.98 Å². The third-order valence-corrected chi connectivity index (χ3v) is 7.53. The number of hydrogen-bond acceptors (Lipinski definition) is 8. The lowest BCUT2D eigenvalue weighted by Gasteiger charge is -2.24. The largest absolute Gasteiger partial charge is 0.493 e. The van der Waals surface area contributed by atoms with E-state index in [1.165, 1.54) is 7.11 Å². The Kier molecular flexibility index (Phi) is 8.33. The molecule has 10 nitrogen and oxygen atoms in total. The van der Waals surface area contributed by atoms with Crippen LogP contribution in [0.2, 0.25) is 0 Å². The molecule has 3 aliphatic heterocycles. The molecular weight excluding hydrogens is 536 g/mol. The van der Waals surface area contributed by atoms with E-state index in [2.05, 4.69) is 23.1 Å². The zero-order chi connectivity index (χ0) is 30.0. The van der Waals surface area contributed by atoms with Gasteiger partial charge in [-0.25, -0.2) is 0 Å². The first-order chi connectivity index (χ1) is 20.2. The van der Waals surface area contributed by atoms with Crippen LogP contribution in [-0.4, -0.2) is 87.2 Å². The number of amides is 2. The molecule has 2 amide bonds. The van der Waals surface area contributed by atoms with Gasteiger partial charge in [0, 0.05) is 44.6 Å². The van der Waals surface area contributed by atoms with E-state index in [1.54, 1.807) is 60.7 Å². The normalized spacial score (nSPS) is 19.1. The first kappa shape index (κ1) is 28.9. The van der Waals surface area contributed by atoms with Crippen LogP contribution in [0.4, 0.5) is 11.4 Å². The van der Waals surface area contributed by atoms with Crippen molar-refractivity contribution in [3.05, 3.63) is 59.7 Å². The molecule has 10 heteroatoms. The summed E-state index contributed by atoms with van der Waals surface area (Å²) in [6.45, 7) is 11.1. The summed E-state index contributed by atoms with van der Waals surface area (Å²) in [6.07, 6.45) is 5.47. The Morgan fingerprint density at radius 2 is 1.48 bits per heavy atom. The highest BCUT2D eigenvalue weighted by molar-refractivity contribution is 6.04. The number of hydrogen-bond donors (Lipinski definition) is 0. The lowest BCUT2D eigenvalue weighted by atomic mass is 10.1. The molecule has 0 radical (unpaired) electrons. The Morgan fingerprint density at radius 3 is 2.05 bits per heavy atom. The molecule has 42 heavy (non-hydrogen) atoms. The lowest BCUT2D eigenvalue weighted by molar-refractivity contribution is 0.0768. The number of methoxy groups -OCH3 is 2. The molecule has 0 spiro atoms. The highest BCUT2D eigenvalue weighted by Gasteiger charge is 2.34. The summed E-state index contributed by atoms with van der Waals surface area (Å²) in [5, 5.41) is 0. The molecule has 3 heterocycles. The van der Waals surface area contributed by atoms with Crippen LogP contribution in [0.5, 0.6) is 23.0 Å². The third kappa shape index (κ3) is 5.74. The fourth-order valence-electron chi connectivity index (χ4n) is 5.28. The number of aliphatic imine (C=N–C) groups is 2. The molecule has 3 aliphatic rings. The summed E-state index contributed by atoms with van der Waals surface area (Å²) in [4.78, 5) is 38.9. The van der Waals surface area contributed by atoms with Crippen LogP contribution in [0, 0.1) is 0 Å². The Balaban J connectivity index is 1.24. The summed E-state index contributed by atoms with van der Waals surface area (Å²) in [5.74, 6) is 1.66. The minimum atomic E-state index is -0.180. The third-order valence-electron chi connectivity index (χ3n) is 7.53. The van der Waals surface area contributed by atoms with Gasteiger partial charge >= 0.3 is 0 Å². The van der Waals surface area contributed by atoms with E-state index in [0.29, 0.717) is 84.5 Å². The van der Waals surface area contributed by atoms with Crippen LogP contribution in [0.25, 0.3) is 0 Å². The number of carbonyl (C=O) groups excluding carboxylic acids is 2. The fraction of sp³-hybridized carbons (Fsp3) is 0.375. The Labute approximate surface area is 245 Å². The number of carbonyl (C=O) groups is 2. The molecule has 0 N–H and O–H groups in total. The molecular formula is C32H36N4O6. The van der Waals surface area contributed by atoms with Gasteiger partial charge in [0.05, 0.1) is 62.0 Å². The van der Waals surface area contributed by atoms with Crippen LogP contribution < -0.4 is 18.9 Å². The summed E-state index contributed by atoms with van der Waals surface area (Å²) in [7, 11) is 4.84. The summed E-state index contributed by atoms with van der Waals surface area (Å²) < 4.78 is 23.1. The second-order valence-corrected chi connectivity index (χ2v) is 10.7. The molecule has 1 saturated heterocycles. The topological polar surface area (TPSA) is 102 Å². The zero-order valence-electron chi connectivity index (χ0n) is 24.5. The molecule has 2 aromatic carbocycles. The second-order valence-electron chi connectivity index (χ2n) is 10.7. The molecule has 220 valence electrons. The highest BCUT2D eigenvalue weighted by atomic mass is 16.5. The van der Waals surface area contributed by atoms with E-state index >= 15 is 0 Å². The maximum absolute atomic E-state index is 13.2. The Bertz CT molecular complexity index is 1500. The first-order valence-electron chi connectivity index (χ1n) is 13.9. The number of fused-ring (bicyclic) bond motifs is 3. The van der Waals surface area contributed by atoms with E-state index in [9.17, 15) is 9.59 Å². The maximum Gasteiger partial charge on any atom is 0.257 e. The SMILES string of the molecule is C=C(C)C[C@H]1C=Nc2cc(OCCCOc3cc4c(cc3OC)C(=O)N3CC(=C)C[C@H]3C=N4)c(OC)cc2C(=O)N1C. The van der Waals surface area contributed by atoms with Crippen LogP contribution in [0.1, 0.15) is 46.9 Å². The molecule has 2 aromatic rings. The van der Waals surface area contributed by atoms with Crippen molar-refractivity contribution in [3.63, 3.8) is 0 Å². The zero-order valence-corrected chi connectivity index (χ0v) is 24.5. The van der Waals surface area contributed by atoms with Crippen molar-refractivity contribution in [2.75, 3.05) is 41.0 Å². The van der Waals surface area contributed by atoms with Gasteiger partial charge in [-0.3, -0.25) is 19.6 Å². The molecule has 5 rings (SSSR count). The summed E-state index contributed by atoms with van der Waals surface area (Å²) >= 11 is 0. The van der Waals surface area contributed by atoms with Crippen molar-refractivity contribution in [1.82, 2.24) is 9.80 Å². The van der Waals surface area contributed by atoms with Gasteiger partial charge in [-0.1, -0.05) is 17.7 Å². The minimum absolute atomic E-state index is 0.0858. The number of benzene rings is 2. The van der Waals surface area contributed by atoms with Gasteiger partial charge in [0.25, 0.3) is 11.8 Å². The van der Waals surface area contributed by atoms with E-state index in [1.807, 2.05) is 6.92 Å². The molecule has 0 aromatic heterocycles. The van der Waals surface area contributed by atoms with E-state index < -0.39 is 0 Å². The first-order valence-corrected chi connectivity index (χ1v) is 13.9. The van der Waals surface area contributed by atoms with Crippen molar-refractivity contribution >= 4 is 35.6 Å². The maximum atomic E-state index is 13.2.